The van der Waals surface area contributed by atoms with E-state index in [0.717, 1.165) is 11.4 Å². The molecule has 0 amide bonds. The van der Waals surface area contributed by atoms with E-state index in [2.05, 4.69) is 40.7 Å². The molecule has 0 unspecified atom stereocenters. The molecular formula is C12H9NS. The van der Waals surface area contributed by atoms with E-state index in [1.54, 1.807) is 0 Å². The maximum atomic E-state index is 4.45. The van der Waals surface area contributed by atoms with E-state index in [9.17, 15) is 0 Å². The number of benzene rings is 1. The van der Waals surface area contributed by atoms with Gasteiger partial charge in [-0.2, -0.15) is 0 Å². The number of rotatable bonds is 0. The summed E-state index contributed by atoms with van der Waals surface area (Å²) in [6, 6.07) is 8.44. The molecule has 0 fully saturated rings. The van der Waals surface area contributed by atoms with Crippen LogP contribution in [0.1, 0.15) is 11.3 Å². The Labute approximate surface area is 86.9 Å². The highest BCUT2D eigenvalue weighted by Crippen LogP contribution is 2.29. The molecule has 1 nitrogen and oxygen atoms in total. The van der Waals surface area contributed by atoms with E-state index in [4.69, 9.17) is 0 Å². The highest BCUT2D eigenvalue weighted by Gasteiger charge is 2.09. The third-order valence-electron chi connectivity index (χ3n) is 2.49. The highest BCUT2D eigenvalue weighted by molar-refractivity contribution is 8.01. The molecular weight excluding hydrogens is 190 g/mol. The first-order valence-electron chi connectivity index (χ1n) is 4.60. The van der Waals surface area contributed by atoms with Gasteiger partial charge in [0, 0.05) is 17.3 Å². The Bertz CT molecular complexity index is 517. The van der Waals surface area contributed by atoms with Crippen molar-refractivity contribution in [3.8, 4) is 0 Å². The number of fused-ring (bicyclic) bond motifs is 3. The van der Waals surface area contributed by atoms with Gasteiger partial charge in [-0.3, -0.25) is 4.98 Å². The van der Waals surface area contributed by atoms with Gasteiger partial charge >= 0.3 is 0 Å². The Morgan fingerprint density at radius 3 is 3.14 bits per heavy atom. The zero-order valence-corrected chi connectivity index (χ0v) is 8.42. The quantitative estimate of drug-likeness (QED) is 0.644. The Hall–Kier alpha value is -1.28. The third-order valence-corrected chi connectivity index (χ3v) is 3.27. The summed E-state index contributed by atoms with van der Waals surface area (Å²) in [6.45, 7) is 0. The number of hydrogen-bond acceptors (Lipinski definition) is 2. The maximum absolute atomic E-state index is 4.45. The predicted octanol–water partition coefficient (Wildman–Crippen LogP) is 3.45. The van der Waals surface area contributed by atoms with Crippen molar-refractivity contribution in [2.24, 2.45) is 0 Å². The Balaban J connectivity index is 2.41. The van der Waals surface area contributed by atoms with Crippen molar-refractivity contribution in [1.82, 2.24) is 4.98 Å². The van der Waals surface area contributed by atoms with Gasteiger partial charge in [-0.15, -0.1) is 11.8 Å². The van der Waals surface area contributed by atoms with Crippen LogP contribution in [0.15, 0.2) is 35.9 Å². The number of nitrogens with zero attached hydrogens (tertiary/aromatic N) is 1. The van der Waals surface area contributed by atoms with Gasteiger partial charge in [0.1, 0.15) is 0 Å². The topological polar surface area (TPSA) is 12.9 Å². The minimum Gasteiger partial charge on any atom is -0.256 e. The van der Waals surface area contributed by atoms with Crippen LogP contribution in [0.2, 0.25) is 0 Å². The molecule has 0 atom stereocenters. The fourth-order valence-corrected chi connectivity index (χ4v) is 2.57. The van der Waals surface area contributed by atoms with Crippen LogP contribution in [-0.2, 0) is 5.75 Å². The molecule has 2 heterocycles. The summed E-state index contributed by atoms with van der Waals surface area (Å²) in [5.74, 6) is 1.04. The first kappa shape index (κ1) is 8.06. The lowest BCUT2D eigenvalue weighted by Gasteiger charge is -2.11. The van der Waals surface area contributed by atoms with Crippen LogP contribution >= 0.6 is 11.8 Å². The van der Waals surface area contributed by atoms with Crippen LogP contribution < -0.4 is 0 Å². The van der Waals surface area contributed by atoms with Crippen LogP contribution in [0.25, 0.3) is 16.8 Å². The van der Waals surface area contributed by atoms with Gasteiger partial charge in [-0.05, 0) is 22.4 Å². The molecule has 14 heavy (non-hydrogen) atoms. The summed E-state index contributed by atoms with van der Waals surface area (Å²) in [4.78, 5) is 4.45. The van der Waals surface area contributed by atoms with Crippen molar-refractivity contribution in [2.75, 3.05) is 0 Å². The lowest BCUT2D eigenvalue weighted by molar-refractivity contribution is 1.25. The molecule has 0 bridgehead atoms. The van der Waals surface area contributed by atoms with Crippen molar-refractivity contribution in [3.05, 3.63) is 47.1 Å². The minimum absolute atomic E-state index is 1.04. The molecule has 2 heteroatoms. The maximum Gasteiger partial charge on any atom is 0.0681 e. The second-order valence-corrected chi connectivity index (χ2v) is 4.22. The van der Waals surface area contributed by atoms with Gasteiger partial charge in [0.15, 0.2) is 0 Å². The van der Waals surface area contributed by atoms with E-state index >= 15 is 0 Å². The minimum atomic E-state index is 1.04. The average Bonchev–Trinajstić information content (AvgIpc) is 2.29. The largest absolute Gasteiger partial charge is 0.256 e. The molecule has 2 aromatic rings. The molecule has 0 N–H and O–H groups in total. The van der Waals surface area contributed by atoms with Crippen molar-refractivity contribution >= 4 is 28.6 Å². The zero-order chi connectivity index (χ0) is 9.38. The molecule has 3 rings (SSSR count). The van der Waals surface area contributed by atoms with E-state index in [-0.39, 0.29) is 0 Å². The molecule has 0 saturated carbocycles. The summed E-state index contributed by atoms with van der Waals surface area (Å²) in [7, 11) is 0. The molecule has 0 radical (unpaired) electrons. The summed E-state index contributed by atoms with van der Waals surface area (Å²) in [5, 5.41) is 4.70. The molecule has 1 aromatic carbocycles. The summed E-state index contributed by atoms with van der Waals surface area (Å²) in [5.41, 5.74) is 2.50. The van der Waals surface area contributed by atoms with Crippen LogP contribution in [0.5, 0.6) is 0 Å². The fraction of sp³-hybridized carbons (Fsp3) is 0.0833. The van der Waals surface area contributed by atoms with Crippen LogP contribution in [0, 0.1) is 0 Å². The number of pyridine rings is 1. The summed E-state index contributed by atoms with van der Waals surface area (Å²) >= 11 is 1.83. The first-order valence-corrected chi connectivity index (χ1v) is 5.65. The van der Waals surface area contributed by atoms with Gasteiger partial charge in [0.05, 0.1) is 5.69 Å². The van der Waals surface area contributed by atoms with Gasteiger partial charge < -0.3 is 0 Å². The standard InChI is InChI=1S/C12H9NS/c1-2-4-10-9(3-1)7-13-12-5-6-14-8-11(10)12/h1-7H,8H2. The lowest BCUT2D eigenvalue weighted by atomic mass is 10.1. The van der Waals surface area contributed by atoms with Crippen LogP contribution in [0.4, 0.5) is 0 Å². The second-order valence-electron chi connectivity index (χ2n) is 3.32. The van der Waals surface area contributed by atoms with Gasteiger partial charge in [0.25, 0.3) is 0 Å². The molecule has 0 saturated heterocycles. The monoisotopic (exact) mass is 199 g/mol. The number of hydrogen-bond donors (Lipinski definition) is 0. The van der Waals surface area contributed by atoms with E-state index < -0.39 is 0 Å². The SMILES string of the molecule is C1=Cc2ncc3ccccc3c2CS1. The summed E-state index contributed by atoms with van der Waals surface area (Å²) < 4.78 is 0. The summed E-state index contributed by atoms with van der Waals surface area (Å²) in [6.07, 6.45) is 4.05. The molecule has 68 valence electrons. The predicted molar refractivity (Wildman–Crippen MR) is 62.1 cm³/mol. The van der Waals surface area contributed by atoms with Gasteiger partial charge in [-0.1, -0.05) is 24.3 Å². The lowest BCUT2D eigenvalue weighted by Crippen LogP contribution is -1.95. The van der Waals surface area contributed by atoms with Gasteiger partial charge in [-0.25, -0.2) is 0 Å². The highest BCUT2D eigenvalue weighted by atomic mass is 32.2. The smallest absolute Gasteiger partial charge is 0.0681 e. The zero-order valence-electron chi connectivity index (χ0n) is 7.60. The average molecular weight is 199 g/mol. The Morgan fingerprint density at radius 2 is 2.14 bits per heavy atom. The number of thioether (sulfide) groups is 1. The molecule has 1 aliphatic rings. The molecule has 0 spiro atoms. The molecule has 1 aliphatic heterocycles. The Morgan fingerprint density at radius 1 is 1.21 bits per heavy atom. The second kappa shape index (κ2) is 3.14. The normalized spacial score (nSPS) is 14.3. The van der Waals surface area contributed by atoms with Crippen LogP contribution in [0.3, 0.4) is 0 Å². The number of aromatic nitrogens is 1. The van der Waals surface area contributed by atoms with Crippen molar-refractivity contribution in [1.29, 1.82) is 0 Å². The van der Waals surface area contributed by atoms with E-state index in [1.165, 1.54) is 16.3 Å². The third kappa shape index (κ3) is 1.15. The Kier molecular flexibility index (Phi) is 1.81. The first-order chi connectivity index (χ1) is 6.95. The van der Waals surface area contributed by atoms with Gasteiger partial charge in [0.2, 0.25) is 0 Å². The van der Waals surface area contributed by atoms with Crippen LogP contribution in [-0.4, -0.2) is 4.98 Å². The van der Waals surface area contributed by atoms with Crippen molar-refractivity contribution < 1.29 is 0 Å². The van der Waals surface area contributed by atoms with Crippen molar-refractivity contribution in [2.45, 2.75) is 5.75 Å². The fourth-order valence-electron chi connectivity index (χ4n) is 1.78. The van der Waals surface area contributed by atoms with E-state index in [1.807, 2.05) is 18.0 Å². The van der Waals surface area contributed by atoms with E-state index in [0.29, 0.717) is 0 Å². The molecule has 0 aliphatic carbocycles. The molecule has 1 aromatic heterocycles. The van der Waals surface area contributed by atoms with Crippen molar-refractivity contribution in [3.63, 3.8) is 0 Å².